The van der Waals surface area contributed by atoms with E-state index in [4.69, 9.17) is 10.5 Å². The predicted molar refractivity (Wildman–Crippen MR) is 163 cm³/mol. The number of nitrogen functional groups attached to an aromatic ring is 1. The fraction of sp³-hybridized carbons (Fsp3) is 0.281. The summed E-state index contributed by atoms with van der Waals surface area (Å²) in [7, 11) is -2.79. The Labute approximate surface area is 247 Å². The first-order valence-electron chi connectivity index (χ1n) is 13.9. The second-order valence-electron chi connectivity index (χ2n) is 10.6. The molecule has 5 rings (SSSR count). The highest BCUT2D eigenvalue weighted by Gasteiger charge is 2.27. The number of aromatic nitrogens is 2. The van der Waals surface area contributed by atoms with E-state index in [9.17, 15) is 13.2 Å². The molecule has 0 spiro atoms. The lowest BCUT2D eigenvalue weighted by Gasteiger charge is -2.35. The van der Waals surface area contributed by atoms with Crippen LogP contribution in [0.2, 0.25) is 0 Å². The summed E-state index contributed by atoms with van der Waals surface area (Å²) in [4.78, 5) is 26.6. The van der Waals surface area contributed by atoms with Gasteiger partial charge in [0, 0.05) is 43.4 Å². The molecule has 1 atom stereocenters. The number of nitrogens with zero attached hydrogens (tertiary/aromatic N) is 4. The summed E-state index contributed by atoms with van der Waals surface area (Å²) < 4.78 is 29.6. The minimum atomic E-state index is -2.79. The normalized spacial score (nSPS) is 16.2. The summed E-state index contributed by atoms with van der Waals surface area (Å²) in [5, 5.41) is 0. The molecule has 0 saturated carbocycles. The number of nitrogens with two attached hydrogens (primary N) is 1. The van der Waals surface area contributed by atoms with Crippen LogP contribution in [0.4, 0.5) is 5.95 Å². The van der Waals surface area contributed by atoms with Crippen LogP contribution in [0.15, 0.2) is 83.8 Å². The quantitative estimate of drug-likeness (QED) is 0.311. The molecule has 3 aromatic carbocycles. The molecule has 4 aromatic rings. The van der Waals surface area contributed by atoms with Crippen LogP contribution in [0, 0.1) is 13.8 Å². The van der Waals surface area contributed by atoms with Gasteiger partial charge in [-0.15, -0.1) is 0 Å². The molecule has 218 valence electrons. The van der Waals surface area contributed by atoms with Crippen LogP contribution >= 0.6 is 0 Å². The largest absolute Gasteiger partial charge is 0.471 e. The van der Waals surface area contributed by atoms with Gasteiger partial charge in [0.25, 0.3) is 5.91 Å². The third kappa shape index (κ3) is 7.13. The standard InChI is InChI=1S/C32H35N5O4S/c1-22-9-6-10-23(2)30(22)28-18-29(35-32(33)34-28)41-26-20-36(19-24-11-4-3-5-12-24)15-8-16-37(21-26)31(38)25-13-7-14-27(17-25)42(39)40/h3-7,9-14,17-18,26,42H,8,15-16,19-21H2,1-2H3,(H2,33,34,35). The van der Waals surface area contributed by atoms with Crippen LogP contribution in [0.25, 0.3) is 11.3 Å². The number of anilines is 1. The highest BCUT2D eigenvalue weighted by molar-refractivity contribution is 7.72. The van der Waals surface area contributed by atoms with E-state index in [2.05, 4.69) is 27.0 Å². The minimum absolute atomic E-state index is 0.105. The van der Waals surface area contributed by atoms with E-state index in [1.807, 2.05) is 50.2 Å². The maximum atomic E-state index is 13.6. The molecule has 1 aliphatic heterocycles. The van der Waals surface area contributed by atoms with Crippen molar-refractivity contribution in [2.45, 2.75) is 37.8 Å². The Morgan fingerprint density at radius 2 is 1.67 bits per heavy atom. The second kappa shape index (κ2) is 13.1. The van der Waals surface area contributed by atoms with Crippen molar-refractivity contribution in [2.24, 2.45) is 0 Å². The molecule has 2 heterocycles. The monoisotopic (exact) mass is 585 g/mol. The molecule has 2 N–H and O–H groups in total. The second-order valence-corrected chi connectivity index (χ2v) is 11.6. The molecular weight excluding hydrogens is 550 g/mol. The fourth-order valence-corrected chi connectivity index (χ4v) is 5.91. The van der Waals surface area contributed by atoms with Gasteiger partial charge >= 0.3 is 0 Å². The van der Waals surface area contributed by atoms with Crippen molar-refractivity contribution in [3.05, 3.63) is 101 Å². The summed E-state index contributed by atoms with van der Waals surface area (Å²) in [6.45, 7) is 6.89. The first-order chi connectivity index (χ1) is 20.3. The Morgan fingerprint density at radius 3 is 2.40 bits per heavy atom. The van der Waals surface area contributed by atoms with E-state index in [1.165, 1.54) is 17.7 Å². The molecule has 0 aliphatic carbocycles. The molecule has 1 amide bonds. The van der Waals surface area contributed by atoms with Gasteiger partial charge in [0.2, 0.25) is 11.8 Å². The smallest absolute Gasteiger partial charge is 0.254 e. The first kappa shape index (κ1) is 29.2. The van der Waals surface area contributed by atoms with Crippen molar-refractivity contribution < 1.29 is 17.9 Å². The van der Waals surface area contributed by atoms with E-state index in [0.29, 0.717) is 36.8 Å². The number of carbonyl (C=O) groups excluding carboxylic acids is 1. The summed E-state index contributed by atoms with van der Waals surface area (Å²) in [6, 6.07) is 24.2. The van der Waals surface area contributed by atoms with Crippen molar-refractivity contribution in [3.8, 4) is 17.1 Å². The topological polar surface area (TPSA) is 119 Å². The number of thiol groups is 1. The van der Waals surface area contributed by atoms with Crippen LogP contribution in [-0.4, -0.2) is 66.4 Å². The summed E-state index contributed by atoms with van der Waals surface area (Å²) in [5.41, 5.74) is 11.5. The number of amides is 1. The lowest BCUT2D eigenvalue weighted by Crippen LogP contribution is -2.49. The zero-order chi connectivity index (χ0) is 29.6. The molecule has 1 aliphatic rings. The van der Waals surface area contributed by atoms with Gasteiger partial charge in [0.05, 0.1) is 17.1 Å². The molecular formula is C32H35N5O4S. The lowest BCUT2D eigenvalue weighted by atomic mass is 10.00. The third-order valence-electron chi connectivity index (χ3n) is 7.37. The number of benzene rings is 3. The van der Waals surface area contributed by atoms with Crippen LogP contribution < -0.4 is 10.5 Å². The van der Waals surface area contributed by atoms with Gasteiger partial charge in [0.15, 0.2) is 10.7 Å². The van der Waals surface area contributed by atoms with Crippen LogP contribution in [0.1, 0.15) is 33.5 Å². The molecule has 1 unspecified atom stereocenters. The summed E-state index contributed by atoms with van der Waals surface area (Å²) >= 11 is 0. The van der Waals surface area contributed by atoms with E-state index >= 15 is 0 Å². The van der Waals surface area contributed by atoms with Gasteiger partial charge in [-0.05, 0) is 55.2 Å². The number of hydrogen-bond donors (Lipinski definition) is 2. The van der Waals surface area contributed by atoms with Crippen molar-refractivity contribution in [3.63, 3.8) is 0 Å². The SMILES string of the molecule is Cc1cccc(C)c1-c1cc(OC2CN(Cc3ccccc3)CCCN(C(=O)c3cccc([SH](=O)=O)c3)C2)nc(N)n1. The first-order valence-corrected chi connectivity index (χ1v) is 15.1. The fourth-order valence-electron chi connectivity index (χ4n) is 5.46. The molecule has 1 aromatic heterocycles. The summed E-state index contributed by atoms with van der Waals surface area (Å²) in [6.07, 6.45) is 0.329. The maximum Gasteiger partial charge on any atom is 0.254 e. The van der Waals surface area contributed by atoms with E-state index < -0.39 is 16.8 Å². The van der Waals surface area contributed by atoms with E-state index in [1.54, 1.807) is 23.1 Å². The molecule has 10 heteroatoms. The van der Waals surface area contributed by atoms with Gasteiger partial charge in [-0.25, -0.2) is 13.4 Å². The van der Waals surface area contributed by atoms with Crippen molar-refractivity contribution in [2.75, 3.05) is 31.9 Å². The Hall–Kier alpha value is -4.28. The number of rotatable bonds is 7. The average molecular weight is 586 g/mol. The Bertz CT molecular complexity index is 1620. The van der Waals surface area contributed by atoms with Crippen LogP contribution in [-0.2, 0) is 17.2 Å². The van der Waals surface area contributed by atoms with Gasteiger partial charge in [-0.2, -0.15) is 4.98 Å². The number of hydrogen-bond acceptors (Lipinski definition) is 8. The third-order valence-corrected chi connectivity index (χ3v) is 8.07. The van der Waals surface area contributed by atoms with E-state index in [0.717, 1.165) is 36.2 Å². The highest BCUT2D eigenvalue weighted by Crippen LogP contribution is 2.29. The molecule has 1 fully saturated rings. The zero-order valence-electron chi connectivity index (χ0n) is 23.8. The van der Waals surface area contributed by atoms with Gasteiger partial charge in [0.1, 0.15) is 6.10 Å². The predicted octanol–water partition coefficient (Wildman–Crippen LogP) is 4.11. The number of carbonyl (C=O) groups is 1. The van der Waals surface area contributed by atoms with Crippen LogP contribution in [0.5, 0.6) is 5.88 Å². The summed E-state index contributed by atoms with van der Waals surface area (Å²) in [5.74, 6) is 0.203. The molecule has 0 bridgehead atoms. The Balaban J connectivity index is 1.44. The van der Waals surface area contributed by atoms with E-state index in [-0.39, 0.29) is 16.8 Å². The van der Waals surface area contributed by atoms with Crippen molar-refractivity contribution >= 4 is 22.6 Å². The molecule has 0 radical (unpaired) electrons. The molecule has 9 nitrogen and oxygen atoms in total. The highest BCUT2D eigenvalue weighted by atomic mass is 32.2. The Morgan fingerprint density at radius 1 is 0.929 bits per heavy atom. The lowest BCUT2D eigenvalue weighted by molar-refractivity contribution is 0.0472. The van der Waals surface area contributed by atoms with Gasteiger partial charge < -0.3 is 15.4 Å². The average Bonchev–Trinajstić information content (AvgIpc) is 2.95. The maximum absolute atomic E-state index is 13.6. The number of aryl methyl sites for hydroxylation is 2. The van der Waals surface area contributed by atoms with Crippen LogP contribution in [0.3, 0.4) is 0 Å². The zero-order valence-corrected chi connectivity index (χ0v) is 24.7. The Kier molecular flexibility index (Phi) is 9.14. The van der Waals surface area contributed by atoms with Crippen molar-refractivity contribution in [1.29, 1.82) is 0 Å². The molecule has 42 heavy (non-hydrogen) atoms. The molecule has 1 saturated heterocycles. The minimum Gasteiger partial charge on any atom is -0.471 e. The number of ether oxygens (including phenoxy) is 1. The van der Waals surface area contributed by atoms with Crippen molar-refractivity contribution in [1.82, 2.24) is 19.8 Å². The van der Waals surface area contributed by atoms with Gasteiger partial charge in [-0.3, -0.25) is 9.69 Å². The van der Waals surface area contributed by atoms with Gasteiger partial charge in [-0.1, -0.05) is 54.6 Å².